The molecule has 0 spiro atoms. The number of pyridine rings is 1. The van der Waals surface area contributed by atoms with Crippen LogP contribution >= 0.6 is 11.3 Å². The molecule has 4 nitrogen and oxygen atoms in total. The summed E-state index contributed by atoms with van der Waals surface area (Å²) in [6.45, 7) is 3.31. The van der Waals surface area contributed by atoms with Crippen molar-refractivity contribution in [2.24, 2.45) is 0 Å². The third kappa shape index (κ3) is 3.07. The van der Waals surface area contributed by atoms with Crippen LogP contribution in [0.2, 0.25) is 0 Å². The SMILES string of the molecule is CCNc1cnccc1C(=O)NCc1cccs1. The minimum absolute atomic E-state index is 0.0817. The van der Waals surface area contributed by atoms with E-state index >= 15 is 0 Å². The Morgan fingerprint density at radius 1 is 1.44 bits per heavy atom. The molecule has 0 aliphatic carbocycles. The highest BCUT2D eigenvalue weighted by atomic mass is 32.1. The Morgan fingerprint density at radius 2 is 2.33 bits per heavy atom. The van der Waals surface area contributed by atoms with Gasteiger partial charge in [0, 0.05) is 17.6 Å². The first-order chi connectivity index (χ1) is 8.81. The van der Waals surface area contributed by atoms with Gasteiger partial charge in [-0.2, -0.15) is 0 Å². The molecule has 0 saturated heterocycles. The highest BCUT2D eigenvalue weighted by Crippen LogP contribution is 2.14. The van der Waals surface area contributed by atoms with Gasteiger partial charge in [-0.25, -0.2) is 0 Å². The van der Waals surface area contributed by atoms with Gasteiger partial charge in [0.1, 0.15) is 0 Å². The van der Waals surface area contributed by atoms with Crippen molar-refractivity contribution in [1.29, 1.82) is 0 Å². The Balaban J connectivity index is 2.04. The van der Waals surface area contributed by atoms with Gasteiger partial charge >= 0.3 is 0 Å². The molecule has 18 heavy (non-hydrogen) atoms. The largest absolute Gasteiger partial charge is 0.383 e. The molecule has 0 atom stereocenters. The monoisotopic (exact) mass is 261 g/mol. The first-order valence-corrected chi connectivity index (χ1v) is 6.67. The average molecular weight is 261 g/mol. The number of amides is 1. The second-order valence-corrected chi connectivity index (χ2v) is 4.75. The minimum atomic E-state index is -0.0817. The molecule has 2 heterocycles. The minimum Gasteiger partial charge on any atom is -0.383 e. The molecule has 2 aromatic heterocycles. The molecule has 0 saturated carbocycles. The lowest BCUT2D eigenvalue weighted by molar-refractivity contribution is 0.0952. The average Bonchev–Trinajstić information content (AvgIpc) is 2.90. The first kappa shape index (κ1) is 12.6. The van der Waals surface area contributed by atoms with E-state index in [0.717, 1.165) is 17.1 Å². The number of hydrogen-bond acceptors (Lipinski definition) is 4. The third-order valence-corrected chi connectivity index (χ3v) is 3.31. The topological polar surface area (TPSA) is 54.0 Å². The third-order valence-electron chi connectivity index (χ3n) is 2.44. The Bertz CT molecular complexity index is 511. The smallest absolute Gasteiger partial charge is 0.253 e. The van der Waals surface area contributed by atoms with Crippen molar-refractivity contribution >= 4 is 22.9 Å². The van der Waals surface area contributed by atoms with Crippen LogP contribution in [0.15, 0.2) is 36.0 Å². The van der Waals surface area contributed by atoms with Gasteiger partial charge in [0.2, 0.25) is 0 Å². The fraction of sp³-hybridized carbons (Fsp3) is 0.231. The Labute approximate surface area is 110 Å². The Morgan fingerprint density at radius 3 is 3.06 bits per heavy atom. The maximum absolute atomic E-state index is 12.1. The van der Waals surface area contributed by atoms with E-state index < -0.39 is 0 Å². The van der Waals surface area contributed by atoms with Crippen molar-refractivity contribution in [2.75, 3.05) is 11.9 Å². The number of hydrogen-bond donors (Lipinski definition) is 2. The van der Waals surface area contributed by atoms with Crippen molar-refractivity contribution in [1.82, 2.24) is 10.3 Å². The van der Waals surface area contributed by atoms with Crippen LogP contribution in [0.4, 0.5) is 5.69 Å². The molecule has 0 unspecified atom stereocenters. The summed E-state index contributed by atoms with van der Waals surface area (Å²) < 4.78 is 0. The molecular formula is C13H15N3OS. The van der Waals surface area contributed by atoms with Crippen LogP contribution in [0.5, 0.6) is 0 Å². The molecule has 5 heteroatoms. The number of rotatable bonds is 5. The molecule has 0 aliphatic rings. The van der Waals surface area contributed by atoms with Crippen LogP contribution in [-0.2, 0) is 6.54 Å². The Kier molecular flexibility index (Phi) is 4.30. The fourth-order valence-corrected chi connectivity index (χ4v) is 2.24. The van der Waals surface area contributed by atoms with E-state index in [1.165, 1.54) is 0 Å². The van der Waals surface area contributed by atoms with Gasteiger partial charge in [0.05, 0.1) is 24.0 Å². The van der Waals surface area contributed by atoms with Crippen LogP contribution in [0, 0.1) is 0 Å². The van der Waals surface area contributed by atoms with Crippen molar-refractivity contribution in [2.45, 2.75) is 13.5 Å². The number of anilines is 1. The van der Waals surface area contributed by atoms with E-state index in [2.05, 4.69) is 15.6 Å². The number of thiophene rings is 1. The van der Waals surface area contributed by atoms with E-state index in [1.54, 1.807) is 29.8 Å². The summed E-state index contributed by atoms with van der Waals surface area (Å²) in [5, 5.41) is 8.03. The lowest BCUT2D eigenvalue weighted by atomic mass is 10.2. The molecule has 0 fully saturated rings. The number of nitrogens with one attached hydrogen (secondary N) is 2. The molecule has 1 amide bonds. The van der Waals surface area contributed by atoms with Crippen LogP contribution in [-0.4, -0.2) is 17.4 Å². The molecule has 0 radical (unpaired) electrons. The first-order valence-electron chi connectivity index (χ1n) is 5.79. The normalized spacial score (nSPS) is 10.1. The lowest BCUT2D eigenvalue weighted by Gasteiger charge is -2.09. The van der Waals surface area contributed by atoms with E-state index in [0.29, 0.717) is 12.1 Å². The zero-order valence-corrected chi connectivity index (χ0v) is 11.0. The van der Waals surface area contributed by atoms with Crippen LogP contribution in [0.3, 0.4) is 0 Å². The number of carbonyl (C=O) groups is 1. The Hall–Kier alpha value is -1.88. The molecule has 0 bridgehead atoms. The zero-order valence-electron chi connectivity index (χ0n) is 10.1. The standard InChI is InChI=1S/C13H15N3OS/c1-2-15-12-9-14-6-5-11(12)13(17)16-8-10-4-3-7-18-10/h3-7,9,15H,2,8H2,1H3,(H,16,17). The molecule has 2 N–H and O–H groups in total. The number of nitrogens with zero attached hydrogens (tertiary/aromatic N) is 1. The fourth-order valence-electron chi connectivity index (χ4n) is 1.60. The summed E-state index contributed by atoms with van der Waals surface area (Å²) in [7, 11) is 0. The molecule has 0 aliphatic heterocycles. The van der Waals surface area contributed by atoms with E-state index in [9.17, 15) is 4.79 Å². The summed E-state index contributed by atoms with van der Waals surface area (Å²) in [6, 6.07) is 5.70. The molecular weight excluding hydrogens is 246 g/mol. The van der Waals surface area contributed by atoms with Crippen molar-refractivity contribution in [3.8, 4) is 0 Å². The quantitative estimate of drug-likeness (QED) is 0.869. The summed E-state index contributed by atoms with van der Waals surface area (Å²) in [5.41, 5.74) is 1.40. The molecule has 0 aromatic carbocycles. The second kappa shape index (κ2) is 6.16. The highest BCUT2D eigenvalue weighted by molar-refractivity contribution is 7.09. The van der Waals surface area contributed by atoms with Gasteiger partial charge in [0.25, 0.3) is 5.91 Å². The molecule has 94 valence electrons. The van der Waals surface area contributed by atoms with Gasteiger partial charge in [-0.1, -0.05) is 6.07 Å². The summed E-state index contributed by atoms with van der Waals surface area (Å²) in [4.78, 5) is 17.2. The van der Waals surface area contributed by atoms with Gasteiger partial charge in [-0.05, 0) is 24.4 Å². The van der Waals surface area contributed by atoms with Crippen LogP contribution in [0.25, 0.3) is 0 Å². The van der Waals surface area contributed by atoms with Crippen molar-refractivity contribution in [3.05, 3.63) is 46.4 Å². The van der Waals surface area contributed by atoms with E-state index in [4.69, 9.17) is 0 Å². The molecule has 2 aromatic rings. The highest BCUT2D eigenvalue weighted by Gasteiger charge is 2.10. The van der Waals surface area contributed by atoms with Crippen molar-refractivity contribution in [3.63, 3.8) is 0 Å². The lowest BCUT2D eigenvalue weighted by Crippen LogP contribution is -2.23. The van der Waals surface area contributed by atoms with E-state index in [-0.39, 0.29) is 5.91 Å². The second-order valence-electron chi connectivity index (χ2n) is 3.71. The number of aromatic nitrogens is 1. The van der Waals surface area contributed by atoms with Gasteiger partial charge in [0.15, 0.2) is 0 Å². The van der Waals surface area contributed by atoms with Gasteiger partial charge in [-0.3, -0.25) is 9.78 Å². The number of carbonyl (C=O) groups excluding carboxylic acids is 1. The maximum Gasteiger partial charge on any atom is 0.253 e. The predicted molar refractivity (Wildman–Crippen MR) is 73.9 cm³/mol. The maximum atomic E-state index is 12.1. The predicted octanol–water partition coefficient (Wildman–Crippen LogP) is 2.50. The summed E-state index contributed by atoms with van der Waals surface area (Å²) in [6.07, 6.45) is 3.30. The van der Waals surface area contributed by atoms with Crippen LogP contribution < -0.4 is 10.6 Å². The van der Waals surface area contributed by atoms with Crippen LogP contribution in [0.1, 0.15) is 22.2 Å². The van der Waals surface area contributed by atoms with E-state index in [1.807, 2.05) is 24.4 Å². The summed E-state index contributed by atoms with van der Waals surface area (Å²) in [5.74, 6) is -0.0817. The van der Waals surface area contributed by atoms with Crippen molar-refractivity contribution < 1.29 is 4.79 Å². The molecule has 2 rings (SSSR count). The zero-order chi connectivity index (χ0) is 12.8. The van der Waals surface area contributed by atoms with Gasteiger partial charge < -0.3 is 10.6 Å². The summed E-state index contributed by atoms with van der Waals surface area (Å²) >= 11 is 1.63. The van der Waals surface area contributed by atoms with Gasteiger partial charge in [-0.15, -0.1) is 11.3 Å².